The van der Waals surface area contributed by atoms with Crippen molar-refractivity contribution < 1.29 is 28.6 Å². The van der Waals surface area contributed by atoms with Gasteiger partial charge in [-0.05, 0) is 57.8 Å². The van der Waals surface area contributed by atoms with Gasteiger partial charge < -0.3 is 14.2 Å². The second kappa shape index (κ2) is 46.3. The largest absolute Gasteiger partial charge is 0.462 e. The zero-order valence-corrected chi connectivity index (χ0v) is 37.9. The van der Waals surface area contributed by atoms with E-state index >= 15 is 0 Å². The van der Waals surface area contributed by atoms with Crippen LogP contribution < -0.4 is 0 Å². The molecule has 6 heteroatoms. The van der Waals surface area contributed by atoms with Crippen LogP contribution in [-0.2, 0) is 28.6 Å². The van der Waals surface area contributed by atoms with Crippen molar-refractivity contribution in [2.45, 2.75) is 258 Å². The first-order valence-corrected chi connectivity index (χ1v) is 24.5. The molecule has 0 aromatic rings. The van der Waals surface area contributed by atoms with Crippen molar-refractivity contribution in [1.29, 1.82) is 0 Å². The highest BCUT2D eigenvalue weighted by Gasteiger charge is 2.19. The number of allylic oxidation sites excluding steroid dienone is 6. The van der Waals surface area contributed by atoms with E-state index in [-0.39, 0.29) is 31.1 Å². The summed E-state index contributed by atoms with van der Waals surface area (Å²) in [7, 11) is 0. The smallest absolute Gasteiger partial charge is 0.306 e. The summed E-state index contributed by atoms with van der Waals surface area (Å²) in [4.78, 5) is 37.8. The fourth-order valence-corrected chi connectivity index (χ4v) is 6.92. The van der Waals surface area contributed by atoms with Gasteiger partial charge in [0.1, 0.15) is 13.2 Å². The Balaban J connectivity index is 4.41. The maximum atomic E-state index is 12.7. The third kappa shape index (κ3) is 44.6. The molecule has 0 saturated heterocycles. The summed E-state index contributed by atoms with van der Waals surface area (Å²) >= 11 is 0. The fourth-order valence-electron chi connectivity index (χ4n) is 6.92. The van der Waals surface area contributed by atoms with Gasteiger partial charge >= 0.3 is 17.9 Å². The van der Waals surface area contributed by atoms with E-state index in [4.69, 9.17) is 14.2 Å². The minimum atomic E-state index is -0.780. The minimum absolute atomic E-state index is 0.0804. The molecule has 0 bridgehead atoms. The van der Waals surface area contributed by atoms with Crippen molar-refractivity contribution in [3.63, 3.8) is 0 Å². The Hall–Kier alpha value is -2.37. The summed E-state index contributed by atoms with van der Waals surface area (Å²) in [6.45, 7) is 6.58. The number of unbranched alkanes of at least 4 members (excludes halogenated alkanes) is 27. The molecule has 0 aliphatic carbocycles. The Morgan fingerprint density at radius 3 is 1.02 bits per heavy atom. The Kier molecular flexibility index (Phi) is 44.4. The summed E-state index contributed by atoms with van der Waals surface area (Å²) in [5, 5.41) is 0. The molecule has 0 saturated carbocycles. The second-order valence-corrected chi connectivity index (χ2v) is 16.4. The maximum absolute atomic E-state index is 12.7. The molecule has 0 aliphatic rings. The molecule has 0 aromatic carbocycles. The predicted molar refractivity (Wildman–Crippen MR) is 242 cm³/mol. The lowest BCUT2D eigenvalue weighted by Crippen LogP contribution is -2.30. The quantitative estimate of drug-likeness (QED) is 0.0264. The highest BCUT2D eigenvalue weighted by molar-refractivity contribution is 5.71. The monoisotopic (exact) mass is 801 g/mol. The van der Waals surface area contributed by atoms with Crippen molar-refractivity contribution in [2.75, 3.05) is 13.2 Å². The van der Waals surface area contributed by atoms with Crippen LogP contribution in [0.3, 0.4) is 0 Å². The van der Waals surface area contributed by atoms with Crippen LogP contribution in [0.2, 0.25) is 0 Å². The number of esters is 3. The van der Waals surface area contributed by atoms with Gasteiger partial charge in [0.05, 0.1) is 0 Å². The standard InChI is InChI=1S/C51H92O6/c1-4-7-10-13-16-19-22-24-25-27-29-32-35-38-41-44-50(53)56-47-48(46-55-49(52)43-40-37-34-31-28-21-18-15-12-9-6-3)57-51(54)45-42-39-36-33-30-26-23-20-17-14-11-8-5-2/h16,19,24-25,29,32,48H,4-15,17-18,20-23,26-28,30-31,33-47H2,1-3H3/b19-16-,25-24-,32-29-/t48-/m1/s1. The van der Waals surface area contributed by atoms with Gasteiger partial charge in [0.2, 0.25) is 0 Å². The molecule has 0 N–H and O–H groups in total. The lowest BCUT2D eigenvalue weighted by molar-refractivity contribution is -0.167. The molecule has 1 atom stereocenters. The van der Waals surface area contributed by atoms with Crippen LogP contribution >= 0.6 is 0 Å². The lowest BCUT2D eigenvalue weighted by Gasteiger charge is -2.18. The van der Waals surface area contributed by atoms with Crippen molar-refractivity contribution >= 4 is 17.9 Å². The van der Waals surface area contributed by atoms with Crippen molar-refractivity contribution in [3.05, 3.63) is 36.5 Å². The van der Waals surface area contributed by atoms with Crippen LogP contribution in [-0.4, -0.2) is 37.2 Å². The molecular formula is C51H92O6. The molecule has 332 valence electrons. The zero-order valence-electron chi connectivity index (χ0n) is 37.9. The van der Waals surface area contributed by atoms with Crippen LogP contribution in [0.1, 0.15) is 252 Å². The Morgan fingerprint density at radius 1 is 0.351 bits per heavy atom. The van der Waals surface area contributed by atoms with Gasteiger partial charge in [-0.15, -0.1) is 0 Å². The van der Waals surface area contributed by atoms with Crippen LogP contribution in [0.4, 0.5) is 0 Å². The first-order valence-electron chi connectivity index (χ1n) is 24.5. The average molecular weight is 801 g/mol. The highest BCUT2D eigenvalue weighted by atomic mass is 16.6. The first kappa shape index (κ1) is 54.6. The zero-order chi connectivity index (χ0) is 41.5. The molecule has 0 aromatic heterocycles. The highest BCUT2D eigenvalue weighted by Crippen LogP contribution is 2.15. The van der Waals surface area contributed by atoms with Crippen LogP contribution in [0, 0.1) is 0 Å². The Labute approximate surface area is 353 Å². The first-order chi connectivity index (χ1) is 28.0. The van der Waals surface area contributed by atoms with E-state index in [1.54, 1.807) is 0 Å². The summed E-state index contributed by atoms with van der Waals surface area (Å²) in [6.07, 6.45) is 52.6. The minimum Gasteiger partial charge on any atom is -0.462 e. The fraction of sp³-hybridized carbons (Fsp3) is 0.824. The van der Waals surface area contributed by atoms with Crippen LogP contribution in [0.15, 0.2) is 36.5 Å². The van der Waals surface area contributed by atoms with Gasteiger partial charge in [-0.25, -0.2) is 0 Å². The molecule has 0 heterocycles. The van der Waals surface area contributed by atoms with Gasteiger partial charge in [-0.2, -0.15) is 0 Å². The molecular weight excluding hydrogens is 709 g/mol. The molecule has 0 spiro atoms. The average Bonchev–Trinajstić information content (AvgIpc) is 3.21. The molecule has 0 unspecified atom stereocenters. The Bertz CT molecular complexity index is 969. The van der Waals surface area contributed by atoms with E-state index in [1.807, 2.05) is 0 Å². The number of carbonyl (C=O) groups excluding carboxylic acids is 3. The van der Waals surface area contributed by atoms with Crippen molar-refractivity contribution in [2.24, 2.45) is 0 Å². The van der Waals surface area contributed by atoms with Gasteiger partial charge in [-0.3, -0.25) is 14.4 Å². The third-order valence-electron chi connectivity index (χ3n) is 10.6. The van der Waals surface area contributed by atoms with Crippen molar-refractivity contribution in [1.82, 2.24) is 0 Å². The van der Waals surface area contributed by atoms with Crippen LogP contribution in [0.5, 0.6) is 0 Å². The summed E-state index contributed by atoms with van der Waals surface area (Å²) in [6, 6.07) is 0. The second-order valence-electron chi connectivity index (χ2n) is 16.4. The van der Waals surface area contributed by atoms with Gasteiger partial charge in [0, 0.05) is 19.3 Å². The number of hydrogen-bond acceptors (Lipinski definition) is 6. The van der Waals surface area contributed by atoms with Gasteiger partial charge in [-0.1, -0.05) is 211 Å². The van der Waals surface area contributed by atoms with E-state index in [9.17, 15) is 14.4 Å². The topological polar surface area (TPSA) is 78.9 Å². The maximum Gasteiger partial charge on any atom is 0.306 e. The third-order valence-corrected chi connectivity index (χ3v) is 10.6. The summed E-state index contributed by atoms with van der Waals surface area (Å²) in [5.74, 6) is -0.913. The van der Waals surface area contributed by atoms with E-state index in [2.05, 4.69) is 57.2 Å². The molecule has 57 heavy (non-hydrogen) atoms. The number of carbonyl (C=O) groups is 3. The molecule has 0 radical (unpaired) electrons. The molecule has 0 rings (SSSR count). The molecule has 0 amide bonds. The van der Waals surface area contributed by atoms with Gasteiger partial charge in [0.25, 0.3) is 0 Å². The number of hydrogen-bond donors (Lipinski definition) is 0. The number of ether oxygens (including phenoxy) is 3. The van der Waals surface area contributed by atoms with Crippen molar-refractivity contribution in [3.8, 4) is 0 Å². The van der Waals surface area contributed by atoms with E-state index < -0.39 is 6.10 Å². The van der Waals surface area contributed by atoms with Crippen LogP contribution in [0.25, 0.3) is 0 Å². The molecule has 0 aliphatic heterocycles. The van der Waals surface area contributed by atoms with E-state index in [0.29, 0.717) is 19.3 Å². The summed E-state index contributed by atoms with van der Waals surface area (Å²) < 4.78 is 16.7. The van der Waals surface area contributed by atoms with Gasteiger partial charge in [0.15, 0.2) is 6.10 Å². The summed E-state index contributed by atoms with van der Waals surface area (Å²) in [5.41, 5.74) is 0. The SMILES string of the molecule is CCCCC/C=C\C/C=C\C/C=C\CCCCC(=O)OC[C@@H](COC(=O)CCCCCCCCCCCCC)OC(=O)CCCCCCCCCCCCCCC. The molecule has 6 nitrogen and oxygen atoms in total. The number of rotatable bonds is 44. The normalized spacial score (nSPS) is 12.3. The lowest BCUT2D eigenvalue weighted by atomic mass is 10.0. The van der Waals surface area contributed by atoms with E-state index in [1.165, 1.54) is 141 Å². The molecule has 0 fully saturated rings. The van der Waals surface area contributed by atoms with E-state index in [0.717, 1.165) is 70.6 Å². The Morgan fingerprint density at radius 2 is 0.632 bits per heavy atom. The predicted octanol–water partition coefficient (Wildman–Crippen LogP) is 15.8.